The number of nitrogens with zero attached hydrogens (tertiary/aromatic N) is 5. The van der Waals surface area contributed by atoms with Gasteiger partial charge in [0.15, 0.2) is 5.96 Å². The Kier molecular flexibility index (Phi) is 9.57. The maximum atomic E-state index is 4.69. The summed E-state index contributed by atoms with van der Waals surface area (Å²) >= 11 is 1.73. The van der Waals surface area contributed by atoms with Crippen molar-refractivity contribution in [1.82, 2.24) is 25.5 Å². The van der Waals surface area contributed by atoms with Crippen molar-refractivity contribution in [1.29, 1.82) is 0 Å². The first kappa shape index (κ1) is 23.8. The van der Waals surface area contributed by atoms with Gasteiger partial charge >= 0.3 is 0 Å². The lowest BCUT2D eigenvalue weighted by Gasteiger charge is -2.33. The van der Waals surface area contributed by atoms with Gasteiger partial charge in [-0.05, 0) is 39.4 Å². The van der Waals surface area contributed by atoms with Gasteiger partial charge in [0.05, 0.1) is 18.8 Å². The number of thiazole rings is 1. The molecule has 0 aliphatic carbocycles. The molecule has 1 fully saturated rings. The van der Waals surface area contributed by atoms with Gasteiger partial charge in [0, 0.05) is 43.8 Å². The van der Waals surface area contributed by atoms with Crippen LogP contribution in [0.2, 0.25) is 0 Å². The number of aliphatic imine (C=N–C) groups is 1. The molecule has 0 atom stereocenters. The summed E-state index contributed by atoms with van der Waals surface area (Å²) in [5, 5.41) is 7.74. The molecule has 29 heavy (non-hydrogen) atoms. The zero-order valence-corrected chi connectivity index (χ0v) is 20.9. The number of piperazine rings is 1. The number of likely N-dealkylation sites (N-methyl/N-ethyl adjacent to an activating group) is 1. The summed E-state index contributed by atoms with van der Waals surface area (Å²) in [6.45, 7) is 12.6. The SMILES string of the molecule is CCNC(=NCc1ccc(N2CCN(C)CC2)nc1)NCc1nc(C)c(C)s1.I. The fourth-order valence-electron chi connectivity index (χ4n) is 3.02. The smallest absolute Gasteiger partial charge is 0.191 e. The normalized spacial score (nSPS) is 15.2. The number of pyridine rings is 1. The lowest BCUT2D eigenvalue weighted by Crippen LogP contribution is -2.44. The molecule has 0 unspecified atom stereocenters. The zero-order valence-electron chi connectivity index (χ0n) is 17.7. The van der Waals surface area contributed by atoms with Gasteiger partial charge in [-0.1, -0.05) is 6.07 Å². The lowest BCUT2D eigenvalue weighted by atomic mass is 10.2. The van der Waals surface area contributed by atoms with Crippen LogP contribution in [0.4, 0.5) is 5.82 Å². The molecule has 3 heterocycles. The van der Waals surface area contributed by atoms with E-state index in [4.69, 9.17) is 4.99 Å². The van der Waals surface area contributed by atoms with Crippen LogP contribution in [-0.2, 0) is 13.1 Å². The Balaban J connectivity index is 0.00000300. The molecule has 2 aromatic heterocycles. The highest BCUT2D eigenvalue weighted by Crippen LogP contribution is 2.16. The molecular formula is C20H32IN7S. The monoisotopic (exact) mass is 529 g/mol. The van der Waals surface area contributed by atoms with Gasteiger partial charge in [0.25, 0.3) is 0 Å². The van der Waals surface area contributed by atoms with Crippen molar-refractivity contribution >= 4 is 47.1 Å². The first-order valence-corrected chi connectivity index (χ1v) is 10.7. The van der Waals surface area contributed by atoms with Crippen molar-refractivity contribution in [2.75, 3.05) is 44.7 Å². The molecule has 0 spiro atoms. The Morgan fingerprint density at radius 2 is 1.93 bits per heavy atom. The number of hydrogen-bond donors (Lipinski definition) is 2. The van der Waals surface area contributed by atoms with E-state index in [0.29, 0.717) is 13.1 Å². The minimum Gasteiger partial charge on any atom is -0.357 e. The van der Waals surface area contributed by atoms with Crippen molar-refractivity contribution < 1.29 is 0 Å². The number of aryl methyl sites for hydroxylation is 2. The summed E-state index contributed by atoms with van der Waals surface area (Å²) in [7, 11) is 2.17. The third-order valence-corrected chi connectivity index (χ3v) is 5.95. The molecule has 3 rings (SSSR count). The molecule has 2 N–H and O–H groups in total. The quantitative estimate of drug-likeness (QED) is 0.341. The van der Waals surface area contributed by atoms with E-state index in [-0.39, 0.29) is 24.0 Å². The van der Waals surface area contributed by atoms with Crippen LogP contribution in [0.25, 0.3) is 0 Å². The van der Waals surface area contributed by atoms with Crippen LogP contribution in [0.1, 0.15) is 28.1 Å². The largest absolute Gasteiger partial charge is 0.357 e. The standard InChI is InChI=1S/C20H31N7S.HI/c1-5-21-20(24-14-19-25-15(2)16(3)28-19)23-13-17-6-7-18(22-12-17)27-10-8-26(4)9-11-27;/h6-7,12H,5,8-11,13-14H2,1-4H3,(H2,21,23,24);1H. The second kappa shape index (κ2) is 11.7. The van der Waals surface area contributed by atoms with Crippen molar-refractivity contribution in [2.24, 2.45) is 4.99 Å². The van der Waals surface area contributed by atoms with Crippen molar-refractivity contribution in [3.63, 3.8) is 0 Å². The fraction of sp³-hybridized carbons (Fsp3) is 0.550. The van der Waals surface area contributed by atoms with Crippen LogP contribution in [0.15, 0.2) is 23.3 Å². The van der Waals surface area contributed by atoms with Gasteiger partial charge in [-0.15, -0.1) is 35.3 Å². The van der Waals surface area contributed by atoms with E-state index in [1.165, 1.54) is 4.88 Å². The predicted octanol–water partition coefficient (Wildman–Crippen LogP) is 2.78. The number of guanidine groups is 1. The molecule has 0 saturated carbocycles. The number of hydrogen-bond acceptors (Lipinski definition) is 6. The molecule has 0 bridgehead atoms. The van der Waals surface area contributed by atoms with Crippen LogP contribution < -0.4 is 15.5 Å². The van der Waals surface area contributed by atoms with Gasteiger partial charge in [-0.25, -0.2) is 15.0 Å². The van der Waals surface area contributed by atoms with E-state index in [1.807, 2.05) is 13.1 Å². The summed E-state index contributed by atoms with van der Waals surface area (Å²) in [5.74, 6) is 1.86. The summed E-state index contributed by atoms with van der Waals surface area (Å²) in [4.78, 5) is 19.9. The highest BCUT2D eigenvalue weighted by atomic mass is 127. The van der Waals surface area contributed by atoms with Gasteiger partial charge in [-0.2, -0.15) is 0 Å². The molecule has 1 saturated heterocycles. The highest BCUT2D eigenvalue weighted by Gasteiger charge is 2.14. The Morgan fingerprint density at radius 3 is 2.52 bits per heavy atom. The summed E-state index contributed by atoms with van der Waals surface area (Å²) in [5.41, 5.74) is 2.21. The molecule has 7 nitrogen and oxygen atoms in total. The van der Waals surface area contributed by atoms with Gasteiger partial charge < -0.3 is 20.4 Å². The predicted molar refractivity (Wildman–Crippen MR) is 133 cm³/mol. The van der Waals surface area contributed by atoms with Crippen molar-refractivity contribution in [2.45, 2.75) is 33.9 Å². The second-order valence-electron chi connectivity index (χ2n) is 7.11. The van der Waals surface area contributed by atoms with Gasteiger partial charge in [0.2, 0.25) is 0 Å². The zero-order chi connectivity index (χ0) is 19.9. The highest BCUT2D eigenvalue weighted by molar-refractivity contribution is 14.0. The molecule has 1 aliphatic rings. The van der Waals surface area contributed by atoms with Crippen LogP contribution >= 0.6 is 35.3 Å². The van der Waals surface area contributed by atoms with Crippen molar-refractivity contribution in [3.05, 3.63) is 39.5 Å². The molecule has 160 valence electrons. The third-order valence-electron chi connectivity index (χ3n) is 4.88. The van der Waals surface area contributed by atoms with E-state index < -0.39 is 0 Å². The molecule has 0 radical (unpaired) electrons. The third kappa shape index (κ3) is 7.07. The van der Waals surface area contributed by atoms with E-state index in [1.54, 1.807) is 11.3 Å². The van der Waals surface area contributed by atoms with Crippen LogP contribution in [0, 0.1) is 13.8 Å². The minimum atomic E-state index is 0. The Hall–Kier alpha value is -1.46. The second-order valence-corrected chi connectivity index (χ2v) is 8.40. The number of anilines is 1. The number of aromatic nitrogens is 2. The van der Waals surface area contributed by atoms with Crippen LogP contribution in [0.3, 0.4) is 0 Å². The van der Waals surface area contributed by atoms with E-state index >= 15 is 0 Å². The lowest BCUT2D eigenvalue weighted by molar-refractivity contribution is 0.312. The molecule has 0 aromatic carbocycles. The summed E-state index contributed by atoms with van der Waals surface area (Å²) in [6.07, 6.45) is 1.94. The molecule has 0 amide bonds. The topological polar surface area (TPSA) is 68.7 Å². The Labute approximate surface area is 195 Å². The maximum absolute atomic E-state index is 4.69. The average molecular weight is 529 g/mol. The molecular weight excluding hydrogens is 497 g/mol. The number of nitrogens with one attached hydrogen (secondary N) is 2. The molecule has 2 aromatic rings. The van der Waals surface area contributed by atoms with Gasteiger partial charge in [0.1, 0.15) is 10.8 Å². The first-order valence-electron chi connectivity index (χ1n) is 9.88. The van der Waals surface area contributed by atoms with E-state index in [9.17, 15) is 0 Å². The fourth-order valence-corrected chi connectivity index (χ4v) is 3.89. The van der Waals surface area contributed by atoms with E-state index in [2.05, 4.69) is 63.4 Å². The molecule has 1 aliphatic heterocycles. The van der Waals surface area contributed by atoms with Gasteiger partial charge in [-0.3, -0.25) is 0 Å². The summed E-state index contributed by atoms with van der Waals surface area (Å²) in [6, 6.07) is 4.24. The molecule has 9 heteroatoms. The van der Waals surface area contributed by atoms with Crippen LogP contribution in [-0.4, -0.2) is 60.6 Å². The maximum Gasteiger partial charge on any atom is 0.191 e. The summed E-state index contributed by atoms with van der Waals surface area (Å²) < 4.78 is 0. The minimum absolute atomic E-state index is 0. The van der Waals surface area contributed by atoms with Crippen LogP contribution in [0.5, 0.6) is 0 Å². The Morgan fingerprint density at radius 1 is 1.17 bits per heavy atom. The van der Waals surface area contributed by atoms with E-state index in [0.717, 1.165) is 60.8 Å². The van der Waals surface area contributed by atoms with Crippen molar-refractivity contribution in [3.8, 4) is 0 Å². The number of rotatable bonds is 6. The first-order chi connectivity index (χ1) is 13.5. The Bertz CT molecular complexity index is 763. The average Bonchev–Trinajstić information content (AvgIpc) is 3.03. The number of halogens is 1.